The zero-order valence-corrected chi connectivity index (χ0v) is 12.2. The van der Waals surface area contributed by atoms with E-state index in [-0.39, 0.29) is 6.54 Å². The van der Waals surface area contributed by atoms with Gasteiger partial charge in [-0.05, 0) is 0 Å². The lowest BCUT2D eigenvalue weighted by atomic mass is 9.97. The van der Waals surface area contributed by atoms with Crippen LogP contribution in [-0.4, -0.2) is 95.9 Å². The third-order valence-electron chi connectivity index (χ3n) is 3.97. The molecule has 130 valence electrons. The summed E-state index contributed by atoms with van der Waals surface area (Å²) < 4.78 is 21.2. The van der Waals surface area contributed by atoms with Crippen LogP contribution in [0.1, 0.15) is 0 Å². The summed E-state index contributed by atoms with van der Waals surface area (Å²) in [5, 5.41) is 39.1. The molecular formula is C12H24N2O8. The summed E-state index contributed by atoms with van der Waals surface area (Å²) in [6, 6.07) is -1.05. The van der Waals surface area contributed by atoms with E-state index in [1.807, 2.05) is 0 Å². The molecule has 0 radical (unpaired) electrons. The van der Waals surface area contributed by atoms with Gasteiger partial charge in [-0.25, -0.2) is 0 Å². The van der Waals surface area contributed by atoms with Gasteiger partial charge in [-0.2, -0.15) is 0 Å². The van der Waals surface area contributed by atoms with Crippen LogP contribution in [0.15, 0.2) is 0 Å². The highest BCUT2D eigenvalue weighted by atomic mass is 16.7. The summed E-state index contributed by atoms with van der Waals surface area (Å²) >= 11 is 0. The lowest BCUT2D eigenvalue weighted by Crippen LogP contribution is -2.64. The first kappa shape index (κ1) is 17.9. The van der Waals surface area contributed by atoms with Gasteiger partial charge in [-0.15, -0.1) is 0 Å². The summed E-state index contributed by atoms with van der Waals surface area (Å²) in [5.41, 5.74) is 11.3. The highest BCUT2D eigenvalue weighted by molar-refractivity contribution is 4.94. The fourth-order valence-electron chi connectivity index (χ4n) is 2.64. The average molecular weight is 324 g/mol. The molecule has 1 unspecified atom stereocenters. The predicted octanol–water partition coefficient (Wildman–Crippen LogP) is -4.17. The standard InChI is InChI=1S/C12H24N2O8/c1-19-12-9(18)10(5(3-15)21-12)22-11-6(14)8(17)7(16)4(2-13)20-11/h4-12,15-18H,2-3,13-14H2,1H3/t4-,5+,6+,7+,8+,9+,10+,11+,12?/m0/s1. The molecule has 8 N–H and O–H groups in total. The Morgan fingerprint density at radius 1 is 1.00 bits per heavy atom. The van der Waals surface area contributed by atoms with Crippen LogP contribution in [0, 0.1) is 0 Å². The minimum atomic E-state index is -1.29. The first-order chi connectivity index (χ1) is 10.4. The Morgan fingerprint density at radius 2 is 1.64 bits per heavy atom. The fourth-order valence-corrected chi connectivity index (χ4v) is 2.64. The predicted molar refractivity (Wildman–Crippen MR) is 71.3 cm³/mol. The Kier molecular flexibility index (Phi) is 6.07. The molecule has 2 aliphatic rings. The van der Waals surface area contributed by atoms with Crippen LogP contribution in [0.5, 0.6) is 0 Å². The van der Waals surface area contributed by atoms with Crippen LogP contribution in [0.4, 0.5) is 0 Å². The first-order valence-corrected chi connectivity index (χ1v) is 7.04. The van der Waals surface area contributed by atoms with Crippen molar-refractivity contribution in [1.29, 1.82) is 0 Å². The monoisotopic (exact) mass is 324 g/mol. The first-order valence-electron chi connectivity index (χ1n) is 7.04. The van der Waals surface area contributed by atoms with Crippen molar-refractivity contribution in [3.63, 3.8) is 0 Å². The van der Waals surface area contributed by atoms with Gasteiger partial charge in [0.2, 0.25) is 0 Å². The highest BCUT2D eigenvalue weighted by Crippen LogP contribution is 2.29. The van der Waals surface area contributed by atoms with Gasteiger partial charge in [-0.1, -0.05) is 0 Å². The average Bonchev–Trinajstić information content (AvgIpc) is 2.83. The molecule has 2 aliphatic heterocycles. The van der Waals surface area contributed by atoms with Crippen molar-refractivity contribution in [2.45, 2.75) is 55.2 Å². The Balaban J connectivity index is 2.07. The van der Waals surface area contributed by atoms with E-state index in [4.69, 9.17) is 30.4 Å². The molecule has 2 rings (SSSR count). The van der Waals surface area contributed by atoms with Crippen molar-refractivity contribution < 1.29 is 39.4 Å². The highest BCUT2D eigenvalue weighted by Gasteiger charge is 2.49. The van der Waals surface area contributed by atoms with Crippen LogP contribution < -0.4 is 11.5 Å². The maximum Gasteiger partial charge on any atom is 0.186 e. The number of aliphatic hydroxyl groups is 4. The SMILES string of the molecule is COC1O[C@H](CO)[C@@H](O[C@H]2O[C@@H](CN)[C@@H](O)[C@H](O)[C@H]2N)[C@H]1O. The van der Waals surface area contributed by atoms with Gasteiger partial charge in [0, 0.05) is 13.7 Å². The number of nitrogens with two attached hydrogens (primary N) is 2. The second-order valence-corrected chi connectivity index (χ2v) is 5.39. The van der Waals surface area contributed by atoms with E-state index in [1.165, 1.54) is 7.11 Å². The van der Waals surface area contributed by atoms with Crippen molar-refractivity contribution in [3.05, 3.63) is 0 Å². The molecule has 0 aromatic heterocycles. The van der Waals surface area contributed by atoms with E-state index in [0.29, 0.717) is 0 Å². The van der Waals surface area contributed by atoms with Gasteiger partial charge in [0.25, 0.3) is 0 Å². The van der Waals surface area contributed by atoms with Gasteiger partial charge in [0.05, 0.1) is 12.6 Å². The number of hydrogen-bond acceptors (Lipinski definition) is 10. The van der Waals surface area contributed by atoms with Crippen molar-refractivity contribution in [2.24, 2.45) is 11.5 Å². The van der Waals surface area contributed by atoms with E-state index in [0.717, 1.165) is 0 Å². The van der Waals surface area contributed by atoms with Gasteiger partial charge >= 0.3 is 0 Å². The zero-order chi connectivity index (χ0) is 16.4. The van der Waals surface area contributed by atoms with Crippen LogP contribution in [-0.2, 0) is 18.9 Å². The normalized spacial score (nSPS) is 49.5. The molecule has 0 aliphatic carbocycles. The molecule has 0 amide bonds. The summed E-state index contributed by atoms with van der Waals surface area (Å²) in [6.07, 6.45) is -8.43. The number of rotatable bonds is 5. The molecule has 0 bridgehead atoms. The largest absolute Gasteiger partial charge is 0.394 e. The summed E-state index contributed by atoms with van der Waals surface area (Å²) in [7, 11) is 1.35. The molecule has 0 aromatic carbocycles. The van der Waals surface area contributed by atoms with E-state index in [2.05, 4.69) is 0 Å². The van der Waals surface area contributed by atoms with Crippen molar-refractivity contribution in [3.8, 4) is 0 Å². The van der Waals surface area contributed by atoms with Crippen LogP contribution in [0.25, 0.3) is 0 Å². The molecule has 2 saturated heterocycles. The van der Waals surface area contributed by atoms with E-state index < -0.39 is 61.9 Å². The van der Waals surface area contributed by atoms with Crippen LogP contribution in [0.2, 0.25) is 0 Å². The van der Waals surface area contributed by atoms with E-state index in [1.54, 1.807) is 0 Å². The van der Waals surface area contributed by atoms with Gasteiger partial charge in [-0.3, -0.25) is 0 Å². The maximum atomic E-state index is 10.1. The second kappa shape index (κ2) is 7.45. The quantitative estimate of drug-likeness (QED) is 0.291. The number of ether oxygens (including phenoxy) is 4. The lowest BCUT2D eigenvalue weighted by Gasteiger charge is -2.42. The minimum Gasteiger partial charge on any atom is -0.394 e. The summed E-state index contributed by atoms with van der Waals surface area (Å²) in [4.78, 5) is 0. The fraction of sp³-hybridized carbons (Fsp3) is 1.00. The Hall–Kier alpha value is -0.400. The second-order valence-electron chi connectivity index (χ2n) is 5.39. The third kappa shape index (κ3) is 3.26. The Bertz CT molecular complexity index is 358. The van der Waals surface area contributed by atoms with Crippen LogP contribution >= 0.6 is 0 Å². The number of hydrogen-bond donors (Lipinski definition) is 6. The molecule has 10 heteroatoms. The molecule has 0 aromatic rings. The molecule has 22 heavy (non-hydrogen) atoms. The van der Waals surface area contributed by atoms with Crippen molar-refractivity contribution in [1.82, 2.24) is 0 Å². The molecule has 0 spiro atoms. The Morgan fingerprint density at radius 3 is 2.18 bits per heavy atom. The summed E-state index contributed by atoms with van der Waals surface area (Å²) in [6.45, 7) is -0.451. The maximum absolute atomic E-state index is 10.1. The molecular weight excluding hydrogens is 300 g/mol. The number of aliphatic hydroxyl groups excluding tert-OH is 4. The Labute approximate surface area is 127 Å². The van der Waals surface area contributed by atoms with Crippen molar-refractivity contribution >= 4 is 0 Å². The summed E-state index contributed by atoms with van der Waals surface area (Å²) in [5.74, 6) is 0. The van der Waals surface area contributed by atoms with Crippen LogP contribution in [0.3, 0.4) is 0 Å². The molecule has 2 fully saturated rings. The smallest absolute Gasteiger partial charge is 0.186 e. The number of methoxy groups -OCH3 is 1. The third-order valence-corrected chi connectivity index (χ3v) is 3.97. The molecule has 9 atom stereocenters. The molecule has 2 heterocycles. The lowest BCUT2D eigenvalue weighted by molar-refractivity contribution is -0.280. The van der Waals surface area contributed by atoms with Gasteiger partial charge in [0.1, 0.15) is 36.6 Å². The van der Waals surface area contributed by atoms with E-state index >= 15 is 0 Å². The van der Waals surface area contributed by atoms with Crippen molar-refractivity contribution in [2.75, 3.05) is 20.3 Å². The molecule has 0 saturated carbocycles. The van der Waals surface area contributed by atoms with E-state index in [9.17, 15) is 20.4 Å². The minimum absolute atomic E-state index is 0.0430. The van der Waals surface area contributed by atoms with Gasteiger partial charge < -0.3 is 50.8 Å². The zero-order valence-electron chi connectivity index (χ0n) is 12.2. The molecule has 10 nitrogen and oxygen atoms in total. The topological polar surface area (TPSA) is 170 Å². The van der Waals surface area contributed by atoms with Gasteiger partial charge in [0.15, 0.2) is 12.6 Å².